The number of rotatable bonds is 5. The summed E-state index contributed by atoms with van der Waals surface area (Å²) in [5.41, 5.74) is 0. The lowest BCUT2D eigenvalue weighted by molar-refractivity contribution is -0.142. The first kappa shape index (κ1) is 19.2. The second-order valence-corrected chi connectivity index (χ2v) is 6.06. The third-order valence-corrected chi connectivity index (χ3v) is 4.47. The molecule has 128 valence electrons. The second kappa shape index (κ2) is 9.33. The number of ether oxygens (including phenoxy) is 1. The minimum absolute atomic E-state index is 0. The molecule has 0 saturated carbocycles. The number of piperidine rings is 1. The molecule has 0 aliphatic carbocycles. The number of nitrogens with zero attached hydrogens (tertiary/aromatic N) is 1. The van der Waals surface area contributed by atoms with E-state index < -0.39 is 0 Å². The molecular weight excluding hydrogens is 306 g/mol. The van der Waals surface area contributed by atoms with Gasteiger partial charge >= 0.3 is 0 Å². The maximum Gasteiger partial charge on any atom is 0.251 e. The van der Waals surface area contributed by atoms with Gasteiger partial charge in [-0.15, -0.1) is 12.4 Å². The molecule has 6 nitrogen and oxygen atoms in total. The fourth-order valence-electron chi connectivity index (χ4n) is 3.07. The molecule has 22 heavy (non-hydrogen) atoms. The van der Waals surface area contributed by atoms with Crippen LogP contribution in [0.3, 0.4) is 0 Å². The van der Waals surface area contributed by atoms with Gasteiger partial charge in [-0.05, 0) is 45.1 Å². The van der Waals surface area contributed by atoms with Crippen LogP contribution in [0, 0.1) is 5.92 Å². The normalized spacial score (nSPS) is 26.2. The zero-order valence-electron chi connectivity index (χ0n) is 13.5. The van der Waals surface area contributed by atoms with E-state index in [2.05, 4.69) is 10.6 Å². The number of hydrogen-bond acceptors (Lipinski definition) is 4. The monoisotopic (exact) mass is 333 g/mol. The Hall–Kier alpha value is -0.850. The van der Waals surface area contributed by atoms with Gasteiger partial charge in [-0.1, -0.05) is 0 Å². The van der Waals surface area contributed by atoms with Crippen LogP contribution in [0.15, 0.2) is 0 Å². The van der Waals surface area contributed by atoms with Crippen molar-refractivity contribution >= 4 is 24.2 Å². The lowest BCUT2D eigenvalue weighted by atomic mass is 9.97. The summed E-state index contributed by atoms with van der Waals surface area (Å²) < 4.78 is 5.10. The van der Waals surface area contributed by atoms with Crippen molar-refractivity contribution in [3.63, 3.8) is 0 Å². The number of hydrogen-bond donors (Lipinski definition) is 2. The van der Waals surface area contributed by atoms with E-state index in [9.17, 15) is 9.59 Å². The number of nitrogens with one attached hydrogen (secondary N) is 2. The molecule has 2 rings (SSSR count). The molecule has 0 radical (unpaired) electrons. The molecule has 2 amide bonds. The van der Waals surface area contributed by atoms with Crippen LogP contribution >= 0.6 is 12.4 Å². The van der Waals surface area contributed by atoms with Crippen LogP contribution in [-0.2, 0) is 14.3 Å². The van der Waals surface area contributed by atoms with Crippen LogP contribution in [0.1, 0.15) is 32.6 Å². The first-order valence-corrected chi connectivity index (χ1v) is 7.94. The van der Waals surface area contributed by atoms with Crippen LogP contribution < -0.4 is 10.6 Å². The van der Waals surface area contributed by atoms with Gasteiger partial charge in [-0.25, -0.2) is 0 Å². The molecule has 2 aliphatic rings. The maximum absolute atomic E-state index is 12.1. The molecule has 3 atom stereocenters. The lowest BCUT2D eigenvalue weighted by Gasteiger charge is -2.34. The van der Waals surface area contributed by atoms with E-state index in [1.54, 1.807) is 14.0 Å². The average Bonchev–Trinajstić information content (AvgIpc) is 3.05. The molecule has 2 heterocycles. The third kappa shape index (κ3) is 5.11. The highest BCUT2D eigenvalue weighted by atomic mass is 35.5. The predicted octanol–water partition coefficient (Wildman–Crippen LogP) is 0.550. The number of halogens is 1. The van der Waals surface area contributed by atoms with Gasteiger partial charge < -0.3 is 20.3 Å². The zero-order chi connectivity index (χ0) is 15.2. The number of likely N-dealkylation sites (tertiary alicyclic amines) is 1. The largest absolute Gasteiger partial charge is 0.372 e. The maximum atomic E-state index is 12.1. The Labute approximate surface area is 138 Å². The lowest BCUT2D eigenvalue weighted by Crippen LogP contribution is -2.48. The summed E-state index contributed by atoms with van der Waals surface area (Å²) >= 11 is 0. The number of amides is 2. The fraction of sp³-hybridized carbons (Fsp3) is 0.867. The van der Waals surface area contributed by atoms with Crippen molar-refractivity contribution < 1.29 is 14.3 Å². The van der Waals surface area contributed by atoms with Crippen molar-refractivity contribution in [3.8, 4) is 0 Å². The minimum Gasteiger partial charge on any atom is -0.372 e. The summed E-state index contributed by atoms with van der Waals surface area (Å²) in [5.74, 6) is 0.490. The Morgan fingerprint density at radius 2 is 2.14 bits per heavy atom. The number of carbonyl (C=O) groups is 2. The quantitative estimate of drug-likeness (QED) is 0.771. The smallest absolute Gasteiger partial charge is 0.251 e. The highest BCUT2D eigenvalue weighted by Crippen LogP contribution is 2.17. The van der Waals surface area contributed by atoms with Crippen molar-refractivity contribution in [2.45, 2.75) is 44.8 Å². The molecule has 2 saturated heterocycles. The summed E-state index contributed by atoms with van der Waals surface area (Å²) in [5, 5.41) is 6.23. The molecule has 2 fully saturated rings. The van der Waals surface area contributed by atoms with E-state index in [-0.39, 0.29) is 36.4 Å². The highest BCUT2D eigenvalue weighted by molar-refractivity contribution is 5.85. The summed E-state index contributed by atoms with van der Waals surface area (Å²) in [6.45, 7) is 4.87. The van der Waals surface area contributed by atoms with Crippen molar-refractivity contribution in [1.29, 1.82) is 0 Å². The van der Waals surface area contributed by atoms with Crippen LogP contribution in [0.25, 0.3) is 0 Å². The molecular formula is C15H28ClN3O3. The van der Waals surface area contributed by atoms with Gasteiger partial charge in [0.05, 0.1) is 6.04 Å². The van der Waals surface area contributed by atoms with Crippen molar-refractivity contribution in [2.75, 3.05) is 33.3 Å². The Bertz CT molecular complexity index is 375. The number of carbonyl (C=O) groups excluding carboxylic acids is 2. The first-order valence-electron chi connectivity index (χ1n) is 7.94. The Kier molecular flexibility index (Phi) is 8.14. The topological polar surface area (TPSA) is 70.7 Å². The Morgan fingerprint density at radius 3 is 2.77 bits per heavy atom. The molecule has 0 bridgehead atoms. The summed E-state index contributed by atoms with van der Waals surface area (Å²) in [6.07, 6.45) is 3.65. The van der Waals surface area contributed by atoms with E-state index in [0.29, 0.717) is 19.0 Å². The molecule has 2 N–H and O–H groups in total. The first-order chi connectivity index (χ1) is 10.1. The van der Waals surface area contributed by atoms with Gasteiger partial charge in [-0.2, -0.15) is 0 Å². The van der Waals surface area contributed by atoms with E-state index in [4.69, 9.17) is 4.74 Å². The zero-order valence-corrected chi connectivity index (χ0v) is 14.3. The van der Waals surface area contributed by atoms with Crippen molar-refractivity contribution in [2.24, 2.45) is 5.92 Å². The van der Waals surface area contributed by atoms with Crippen LogP contribution in [0.2, 0.25) is 0 Å². The minimum atomic E-state index is -0.388. The average molecular weight is 334 g/mol. The van der Waals surface area contributed by atoms with E-state index in [0.717, 1.165) is 38.8 Å². The summed E-state index contributed by atoms with van der Waals surface area (Å²) in [6, 6.07) is -0.0279. The highest BCUT2D eigenvalue weighted by Gasteiger charge is 2.28. The van der Waals surface area contributed by atoms with Gasteiger partial charge in [-0.3, -0.25) is 9.59 Å². The molecule has 3 unspecified atom stereocenters. The molecule has 7 heteroatoms. The third-order valence-electron chi connectivity index (χ3n) is 4.47. The van der Waals surface area contributed by atoms with Crippen LogP contribution in [0.5, 0.6) is 0 Å². The SMILES string of the molecule is COC(C)C(=O)N1CCCC(CNC(=O)C2CCCN2)C1.Cl. The predicted molar refractivity (Wildman–Crippen MR) is 87.1 cm³/mol. The number of methoxy groups -OCH3 is 1. The molecule has 0 aromatic heterocycles. The molecule has 0 aromatic carbocycles. The van der Waals surface area contributed by atoms with Gasteiger partial charge in [0.1, 0.15) is 6.10 Å². The Balaban J connectivity index is 0.00000242. The van der Waals surface area contributed by atoms with Gasteiger partial charge in [0.15, 0.2) is 0 Å². The van der Waals surface area contributed by atoms with Crippen LogP contribution in [0.4, 0.5) is 0 Å². The van der Waals surface area contributed by atoms with Crippen molar-refractivity contribution in [1.82, 2.24) is 15.5 Å². The summed E-state index contributed by atoms with van der Waals surface area (Å²) in [7, 11) is 1.55. The summed E-state index contributed by atoms with van der Waals surface area (Å²) in [4.78, 5) is 26.0. The van der Waals surface area contributed by atoms with Gasteiger partial charge in [0.25, 0.3) is 5.91 Å². The fourth-order valence-corrected chi connectivity index (χ4v) is 3.07. The Morgan fingerprint density at radius 1 is 1.36 bits per heavy atom. The molecule has 0 spiro atoms. The molecule has 2 aliphatic heterocycles. The second-order valence-electron chi connectivity index (χ2n) is 6.06. The van der Waals surface area contributed by atoms with E-state index in [1.807, 2.05) is 4.90 Å². The molecule has 0 aromatic rings. The van der Waals surface area contributed by atoms with Crippen LogP contribution in [-0.4, -0.2) is 62.1 Å². The van der Waals surface area contributed by atoms with Gasteiger partial charge in [0.2, 0.25) is 5.91 Å². The van der Waals surface area contributed by atoms with E-state index >= 15 is 0 Å². The van der Waals surface area contributed by atoms with E-state index in [1.165, 1.54) is 0 Å². The standard InChI is InChI=1S/C15H27N3O3.ClH/c1-11(21-2)15(20)18-8-4-5-12(10-18)9-17-14(19)13-6-3-7-16-13;/h11-13,16H,3-10H2,1-2H3,(H,17,19);1H. The van der Waals surface area contributed by atoms with Gasteiger partial charge in [0, 0.05) is 26.7 Å². The van der Waals surface area contributed by atoms with Crippen molar-refractivity contribution in [3.05, 3.63) is 0 Å².